The molecule has 1 atom stereocenters. The summed E-state index contributed by atoms with van der Waals surface area (Å²) < 4.78 is 5.42. The van der Waals surface area contributed by atoms with Crippen molar-refractivity contribution in [1.82, 2.24) is 10.3 Å². The number of nitrogens with two attached hydrogens (primary N) is 1. The molecule has 1 heterocycles. The first-order valence-corrected chi connectivity index (χ1v) is 6.12. The molecule has 4 N–H and O–H groups in total. The van der Waals surface area contributed by atoms with Gasteiger partial charge >= 0.3 is 0 Å². The lowest BCUT2D eigenvalue weighted by Crippen LogP contribution is -2.37. The van der Waals surface area contributed by atoms with Gasteiger partial charge in [-0.05, 0) is 30.7 Å². The number of aliphatic hydroxyl groups is 1. The maximum atomic E-state index is 8.79. The van der Waals surface area contributed by atoms with Gasteiger partial charge in [0, 0.05) is 19.5 Å². The Morgan fingerprint density at radius 1 is 1.50 bits per heavy atom. The number of benzene rings is 1. The first-order chi connectivity index (χ1) is 8.69. The van der Waals surface area contributed by atoms with Crippen molar-refractivity contribution in [2.75, 3.05) is 19.7 Å². The monoisotopic (exact) mass is 249 g/mol. The Morgan fingerprint density at radius 2 is 2.33 bits per heavy atom. The molecular weight excluding hydrogens is 230 g/mol. The fourth-order valence-corrected chi connectivity index (χ4v) is 1.83. The van der Waals surface area contributed by atoms with Crippen molar-refractivity contribution in [2.45, 2.75) is 19.4 Å². The zero-order valence-electron chi connectivity index (χ0n) is 10.5. The van der Waals surface area contributed by atoms with Gasteiger partial charge < -0.3 is 20.6 Å². The highest BCUT2D eigenvalue weighted by molar-refractivity contribution is 5.73. The van der Waals surface area contributed by atoms with Crippen molar-refractivity contribution in [1.29, 1.82) is 0 Å². The molecule has 0 spiro atoms. The number of aromatic nitrogens is 1. The van der Waals surface area contributed by atoms with Gasteiger partial charge in [-0.2, -0.15) is 0 Å². The van der Waals surface area contributed by atoms with E-state index in [1.165, 1.54) is 5.56 Å². The molecule has 0 aliphatic rings. The van der Waals surface area contributed by atoms with Gasteiger partial charge in [-0.3, -0.25) is 0 Å². The van der Waals surface area contributed by atoms with Gasteiger partial charge in [0.15, 0.2) is 11.5 Å². The van der Waals surface area contributed by atoms with Gasteiger partial charge in [0.05, 0.1) is 6.61 Å². The molecule has 1 unspecified atom stereocenters. The molecule has 0 fully saturated rings. The first kappa shape index (κ1) is 13.0. The van der Waals surface area contributed by atoms with Crippen LogP contribution in [-0.4, -0.2) is 35.8 Å². The molecule has 0 amide bonds. The highest BCUT2D eigenvalue weighted by Gasteiger charge is 2.03. The van der Waals surface area contributed by atoms with Crippen LogP contribution in [0.5, 0.6) is 0 Å². The third kappa shape index (κ3) is 3.29. The largest absolute Gasteiger partial charge is 0.441 e. The Morgan fingerprint density at radius 3 is 3.11 bits per heavy atom. The van der Waals surface area contributed by atoms with Crippen molar-refractivity contribution in [3.63, 3.8) is 0 Å². The van der Waals surface area contributed by atoms with E-state index in [1.807, 2.05) is 25.1 Å². The average Bonchev–Trinajstić information content (AvgIpc) is 2.73. The second-order valence-electron chi connectivity index (χ2n) is 4.43. The SMILES string of the molecule is Cc1nc2cc(CCNCC(N)CO)ccc2o1. The van der Waals surface area contributed by atoms with Crippen LogP contribution in [0.2, 0.25) is 0 Å². The maximum Gasteiger partial charge on any atom is 0.192 e. The number of oxazole rings is 1. The average molecular weight is 249 g/mol. The highest BCUT2D eigenvalue weighted by Crippen LogP contribution is 2.16. The van der Waals surface area contributed by atoms with Gasteiger partial charge in [0.2, 0.25) is 0 Å². The summed E-state index contributed by atoms with van der Waals surface area (Å²) >= 11 is 0. The van der Waals surface area contributed by atoms with Crippen LogP contribution < -0.4 is 11.1 Å². The van der Waals surface area contributed by atoms with Crippen LogP contribution in [0.3, 0.4) is 0 Å². The van der Waals surface area contributed by atoms with E-state index in [4.69, 9.17) is 15.3 Å². The molecule has 2 aromatic rings. The Bertz CT molecular complexity index is 510. The fraction of sp³-hybridized carbons (Fsp3) is 0.462. The predicted molar refractivity (Wildman–Crippen MR) is 70.4 cm³/mol. The van der Waals surface area contributed by atoms with Crippen LogP contribution in [0.15, 0.2) is 22.6 Å². The van der Waals surface area contributed by atoms with Gasteiger partial charge in [0.25, 0.3) is 0 Å². The summed E-state index contributed by atoms with van der Waals surface area (Å²) in [6, 6.07) is 5.84. The lowest BCUT2D eigenvalue weighted by molar-refractivity contribution is 0.262. The van der Waals surface area contributed by atoms with Crippen molar-refractivity contribution in [3.8, 4) is 0 Å². The summed E-state index contributed by atoms with van der Waals surface area (Å²) in [5.41, 5.74) is 8.53. The van der Waals surface area contributed by atoms with Crippen LogP contribution in [0.1, 0.15) is 11.5 Å². The van der Waals surface area contributed by atoms with Crippen LogP contribution in [-0.2, 0) is 6.42 Å². The second-order valence-corrected chi connectivity index (χ2v) is 4.43. The normalized spacial score (nSPS) is 13.1. The van der Waals surface area contributed by atoms with Crippen LogP contribution in [0.25, 0.3) is 11.1 Å². The number of rotatable bonds is 6. The first-order valence-electron chi connectivity index (χ1n) is 6.12. The topological polar surface area (TPSA) is 84.3 Å². The molecule has 5 nitrogen and oxygen atoms in total. The lowest BCUT2D eigenvalue weighted by atomic mass is 10.1. The molecule has 0 saturated carbocycles. The molecule has 0 aliphatic carbocycles. The summed E-state index contributed by atoms with van der Waals surface area (Å²) in [5, 5.41) is 12.0. The van der Waals surface area contributed by atoms with Gasteiger partial charge in [-0.15, -0.1) is 0 Å². The Balaban J connectivity index is 1.87. The molecule has 2 rings (SSSR count). The summed E-state index contributed by atoms with van der Waals surface area (Å²) in [4.78, 5) is 4.30. The van der Waals surface area contributed by atoms with E-state index < -0.39 is 0 Å². The second kappa shape index (κ2) is 5.95. The molecule has 1 aromatic carbocycles. The lowest BCUT2D eigenvalue weighted by Gasteiger charge is -2.09. The zero-order valence-corrected chi connectivity index (χ0v) is 10.5. The number of aryl methyl sites for hydroxylation is 1. The third-order valence-corrected chi connectivity index (χ3v) is 2.79. The van der Waals surface area contributed by atoms with Gasteiger partial charge in [-0.25, -0.2) is 4.98 Å². The van der Waals surface area contributed by atoms with Crippen molar-refractivity contribution in [3.05, 3.63) is 29.7 Å². The molecule has 0 bridgehead atoms. The quantitative estimate of drug-likeness (QED) is 0.652. The van der Waals surface area contributed by atoms with Crippen LogP contribution >= 0.6 is 0 Å². The van der Waals surface area contributed by atoms with E-state index in [1.54, 1.807) is 0 Å². The van der Waals surface area contributed by atoms with E-state index in [0.717, 1.165) is 24.1 Å². The Labute approximate surface area is 106 Å². The summed E-state index contributed by atoms with van der Waals surface area (Å²) in [7, 11) is 0. The molecular formula is C13H19N3O2. The van der Waals surface area contributed by atoms with E-state index >= 15 is 0 Å². The highest BCUT2D eigenvalue weighted by atomic mass is 16.3. The zero-order chi connectivity index (χ0) is 13.0. The minimum absolute atomic E-state index is 0.0111. The fourth-order valence-electron chi connectivity index (χ4n) is 1.83. The van der Waals surface area contributed by atoms with E-state index in [0.29, 0.717) is 12.4 Å². The smallest absolute Gasteiger partial charge is 0.192 e. The standard InChI is InChI=1S/C13H19N3O2/c1-9-16-12-6-10(2-3-13(12)18-9)4-5-15-7-11(14)8-17/h2-3,6,11,15,17H,4-5,7-8,14H2,1H3. The Kier molecular flexibility index (Phi) is 4.30. The number of fused-ring (bicyclic) bond motifs is 1. The van der Waals surface area contributed by atoms with Crippen LogP contribution in [0, 0.1) is 6.92 Å². The maximum absolute atomic E-state index is 8.79. The summed E-state index contributed by atoms with van der Waals surface area (Å²) in [5.74, 6) is 0.689. The summed E-state index contributed by atoms with van der Waals surface area (Å²) in [6.45, 7) is 3.31. The Hall–Kier alpha value is -1.43. The van der Waals surface area contributed by atoms with Crippen molar-refractivity contribution in [2.24, 2.45) is 5.73 Å². The van der Waals surface area contributed by atoms with Crippen LogP contribution in [0.4, 0.5) is 0 Å². The van der Waals surface area contributed by atoms with Gasteiger partial charge in [-0.1, -0.05) is 6.07 Å². The number of hydrogen-bond acceptors (Lipinski definition) is 5. The summed E-state index contributed by atoms with van der Waals surface area (Å²) in [6.07, 6.45) is 0.903. The van der Waals surface area contributed by atoms with E-state index in [9.17, 15) is 0 Å². The van der Waals surface area contributed by atoms with Crippen molar-refractivity contribution < 1.29 is 9.52 Å². The molecule has 0 radical (unpaired) electrons. The number of nitrogens with one attached hydrogen (secondary N) is 1. The predicted octanol–water partition coefficient (Wildman–Crippen LogP) is 0.588. The van der Waals surface area contributed by atoms with Gasteiger partial charge in [0.1, 0.15) is 5.52 Å². The number of aliphatic hydroxyl groups excluding tert-OH is 1. The minimum Gasteiger partial charge on any atom is -0.441 e. The molecule has 18 heavy (non-hydrogen) atoms. The van der Waals surface area contributed by atoms with E-state index in [2.05, 4.69) is 10.3 Å². The number of nitrogens with zero attached hydrogens (tertiary/aromatic N) is 1. The third-order valence-electron chi connectivity index (χ3n) is 2.79. The molecule has 1 aromatic heterocycles. The minimum atomic E-state index is -0.189. The number of hydrogen-bond donors (Lipinski definition) is 3. The molecule has 5 heteroatoms. The molecule has 0 aliphatic heterocycles. The van der Waals surface area contributed by atoms with E-state index in [-0.39, 0.29) is 12.6 Å². The molecule has 0 saturated heterocycles. The van der Waals surface area contributed by atoms with Crippen molar-refractivity contribution >= 4 is 11.1 Å². The molecule has 98 valence electrons.